The first-order valence-corrected chi connectivity index (χ1v) is 10.6. The molecule has 0 fully saturated rings. The van der Waals surface area contributed by atoms with Crippen LogP contribution in [0.15, 0.2) is 58.1 Å². The molecule has 2 heterocycles. The fraction of sp³-hybridized carbons (Fsp3) is 0.111. The van der Waals surface area contributed by atoms with Crippen LogP contribution < -0.4 is 0 Å². The minimum atomic E-state index is -3.54. The number of benzene rings is 2. The third-order valence-electron chi connectivity index (χ3n) is 4.21. The number of hydrazone groups is 1. The van der Waals surface area contributed by atoms with E-state index < -0.39 is 15.7 Å². The number of carbonyl (C=O) groups excluding carboxylic acids is 1. The molecule has 1 amide bonds. The summed E-state index contributed by atoms with van der Waals surface area (Å²) in [5.41, 5.74) is 0.840. The molecule has 0 radical (unpaired) electrons. The molecule has 1 N–H and O–H groups in total. The van der Waals surface area contributed by atoms with Crippen LogP contribution >= 0.6 is 11.8 Å². The van der Waals surface area contributed by atoms with Gasteiger partial charge in [0.25, 0.3) is 5.91 Å². The van der Waals surface area contributed by atoms with E-state index in [1.807, 2.05) is 42.5 Å². The summed E-state index contributed by atoms with van der Waals surface area (Å²) in [4.78, 5) is 16.4. The Hall–Kier alpha value is -2.78. The Morgan fingerprint density at radius 2 is 1.93 bits per heavy atom. The number of fused-ring (bicyclic) bond motifs is 2. The van der Waals surface area contributed by atoms with E-state index in [1.54, 1.807) is 6.08 Å². The maximum atomic E-state index is 12.5. The van der Waals surface area contributed by atoms with Crippen LogP contribution in [-0.2, 0) is 14.6 Å². The Morgan fingerprint density at radius 3 is 2.70 bits per heavy atom. The second kappa shape index (κ2) is 6.43. The minimum Gasteiger partial charge on any atom is -0.282 e. The normalized spacial score (nSPS) is 18.7. The largest absolute Gasteiger partial charge is 0.283 e. The first kappa shape index (κ1) is 17.6. The molecule has 0 aromatic heterocycles. The van der Waals surface area contributed by atoms with Crippen LogP contribution in [0.1, 0.15) is 12.5 Å². The summed E-state index contributed by atoms with van der Waals surface area (Å²) >= 11 is 0.794. The highest BCUT2D eigenvalue weighted by Crippen LogP contribution is 2.31. The average Bonchev–Trinajstić information content (AvgIpc) is 3.10. The van der Waals surface area contributed by atoms with Crippen LogP contribution in [0.2, 0.25) is 0 Å². The van der Waals surface area contributed by atoms with Crippen molar-refractivity contribution in [3.63, 3.8) is 0 Å². The third kappa shape index (κ3) is 2.98. The second-order valence-corrected chi connectivity index (χ2v) is 9.27. The summed E-state index contributed by atoms with van der Waals surface area (Å²) in [5, 5.41) is 15.5. The van der Waals surface area contributed by atoms with Crippen molar-refractivity contribution in [3.8, 4) is 0 Å². The molecule has 0 bridgehead atoms. The van der Waals surface area contributed by atoms with Crippen LogP contribution in [0.4, 0.5) is 0 Å². The number of hydrogen-bond acceptors (Lipinski definition) is 6. The zero-order valence-corrected chi connectivity index (χ0v) is 15.8. The van der Waals surface area contributed by atoms with Crippen molar-refractivity contribution in [1.29, 1.82) is 5.41 Å². The number of nitrogens with one attached hydrogen (secondary N) is 1. The molecule has 2 aliphatic rings. The summed E-state index contributed by atoms with van der Waals surface area (Å²) in [6.07, 6.45) is 1.60. The SMILES string of the molecule is CCS(=O)(=O)C1=NN2C(=N)/C(=C\c3cccc4ccccc34)C(=O)N=C2S1. The van der Waals surface area contributed by atoms with Crippen LogP contribution in [-0.4, -0.2) is 40.5 Å². The highest BCUT2D eigenvalue weighted by Gasteiger charge is 2.39. The van der Waals surface area contributed by atoms with Crippen LogP contribution in [0.3, 0.4) is 0 Å². The van der Waals surface area contributed by atoms with E-state index in [0.29, 0.717) is 0 Å². The summed E-state index contributed by atoms with van der Waals surface area (Å²) in [7, 11) is -3.54. The summed E-state index contributed by atoms with van der Waals surface area (Å²) in [6, 6.07) is 13.4. The lowest BCUT2D eigenvalue weighted by Crippen LogP contribution is -2.35. The summed E-state index contributed by atoms with van der Waals surface area (Å²) < 4.78 is 24.0. The van der Waals surface area contributed by atoms with Gasteiger partial charge in [-0.05, 0) is 34.2 Å². The van der Waals surface area contributed by atoms with Crippen LogP contribution in [0.25, 0.3) is 16.8 Å². The van der Waals surface area contributed by atoms with E-state index in [1.165, 1.54) is 6.92 Å². The van der Waals surface area contributed by atoms with Crippen LogP contribution in [0.5, 0.6) is 0 Å². The molecule has 0 atom stereocenters. The van der Waals surface area contributed by atoms with Gasteiger partial charge in [0.05, 0.1) is 11.3 Å². The molecule has 2 aromatic carbocycles. The van der Waals surface area contributed by atoms with Gasteiger partial charge in [0, 0.05) is 0 Å². The smallest absolute Gasteiger partial charge is 0.282 e. The number of amides is 1. The van der Waals surface area contributed by atoms with Crippen molar-refractivity contribution in [2.75, 3.05) is 5.75 Å². The number of amidine groups is 2. The number of carbonyl (C=O) groups is 1. The maximum absolute atomic E-state index is 12.5. The van der Waals surface area contributed by atoms with Gasteiger partial charge in [0.2, 0.25) is 19.4 Å². The molecule has 4 rings (SSSR count). The van der Waals surface area contributed by atoms with Gasteiger partial charge in [-0.3, -0.25) is 10.2 Å². The molecule has 2 aromatic rings. The number of hydrogen-bond donors (Lipinski definition) is 1. The van der Waals surface area contributed by atoms with Gasteiger partial charge in [-0.1, -0.05) is 49.4 Å². The molecule has 136 valence electrons. The highest BCUT2D eigenvalue weighted by molar-refractivity contribution is 8.42. The third-order valence-corrected chi connectivity index (χ3v) is 7.29. The van der Waals surface area contributed by atoms with Crippen LogP contribution in [0, 0.1) is 5.41 Å². The van der Waals surface area contributed by atoms with Gasteiger partial charge >= 0.3 is 0 Å². The zero-order chi connectivity index (χ0) is 19.2. The molecule has 0 saturated carbocycles. The van der Waals surface area contributed by atoms with E-state index in [0.717, 1.165) is 33.1 Å². The van der Waals surface area contributed by atoms with Gasteiger partial charge in [-0.25, -0.2) is 8.42 Å². The Labute approximate surface area is 159 Å². The predicted octanol–water partition coefficient (Wildman–Crippen LogP) is 2.85. The van der Waals surface area contributed by atoms with Crippen molar-refractivity contribution in [3.05, 3.63) is 53.6 Å². The molecular formula is C18H14N4O3S2. The second-order valence-electron chi connectivity index (χ2n) is 5.86. The average molecular weight is 398 g/mol. The van der Waals surface area contributed by atoms with Gasteiger partial charge in [-0.15, -0.1) is 5.10 Å². The fourth-order valence-electron chi connectivity index (χ4n) is 2.76. The zero-order valence-electron chi connectivity index (χ0n) is 14.2. The van der Waals surface area contributed by atoms with E-state index in [4.69, 9.17) is 5.41 Å². The molecule has 27 heavy (non-hydrogen) atoms. The molecular weight excluding hydrogens is 384 g/mol. The lowest BCUT2D eigenvalue weighted by Gasteiger charge is -2.20. The van der Waals surface area contributed by atoms with Gasteiger partial charge in [0.15, 0.2) is 5.84 Å². The summed E-state index contributed by atoms with van der Waals surface area (Å²) in [6.45, 7) is 1.51. The highest BCUT2D eigenvalue weighted by atomic mass is 32.3. The molecule has 0 unspecified atom stereocenters. The lowest BCUT2D eigenvalue weighted by atomic mass is 10.0. The van der Waals surface area contributed by atoms with Gasteiger partial charge in [0.1, 0.15) is 0 Å². The molecule has 0 spiro atoms. The van der Waals surface area contributed by atoms with E-state index in [2.05, 4.69) is 10.1 Å². The monoisotopic (exact) mass is 398 g/mol. The van der Waals surface area contributed by atoms with E-state index >= 15 is 0 Å². The number of aliphatic imine (C=N–C) groups is 1. The van der Waals surface area contributed by atoms with Crippen molar-refractivity contribution < 1.29 is 13.2 Å². The van der Waals surface area contributed by atoms with Gasteiger partial charge in [-0.2, -0.15) is 10.0 Å². The quantitative estimate of drug-likeness (QED) is 0.784. The number of rotatable bonds is 2. The van der Waals surface area contributed by atoms with E-state index in [9.17, 15) is 13.2 Å². The first-order valence-electron chi connectivity index (χ1n) is 8.11. The van der Waals surface area contributed by atoms with Gasteiger partial charge < -0.3 is 0 Å². The Kier molecular flexibility index (Phi) is 4.20. The molecule has 2 aliphatic heterocycles. The van der Waals surface area contributed by atoms with E-state index in [-0.39, 0.29) is 26.7 Å². The van der Waals surface area contributed by atoms with Crippen molar-refractivity contribution in [2.45, 2.75) is 6.92 Å². The van der Waals surface area contributed by atoms with Crippen molar-refractivity contribution in [2.24, 2.45) is 10.1 Å². The Morgan fingerprint density at radius 1 is 1.19 bits per heavy atom. The predicted molar refractivity (Wildman–Crippen MR) is 108 cm³/mol. The minimum absolute atomic E-state index is 0.0644. The summed E-state index contributed by atoms with van der Waals surface area (Å²) in [5.74, 6) is -0.885. The molecule has 0 aliphatic carbocycles. The number of thioether (sulfide) groups is 1. The Bertz CT molecular complexity index is 1190. The molecule has 9 heteroatoms. The van der Waals surface area contributed by atoms with Crippen molar-refractivity contribution in [1.82, 2.24) is 5.01 Å². The standard InChI is InChI=1S/C18H14N4O3S2/c1-2-27(24,25)18-21-22-15(19)14(16(23)20-17(22)26-18)10-12-8-5-7-11-6-3-4-9-13(11)12/h3-10,19H,2H2,1H3/b14-10+,19-15?. The lowest BCUT2D eigenvalue weighted by molar-refractivity contribution is -0.114. The first-order chi connectivity index (χ1) is 12.9. The van der Waals surface area contributed by atoms with Crippen molar-refractivity contribution >= 4 is 59.7 Å². The molecule has 0 saturated heterocycles. The Balaban J connectivity index is 1.79. The fourth-order valence-corrected chi connectivity index (χ4v) is 4.92. The number of nitrogens with zero attached hydrogens (tertiary/aromatic N) is 3. The topological polar surface area (TPSA) is 103 Å². The number of sulfone groups is 1. The molecule has 7 nitrogen and oxygen atoms in total. The maximum Gasteiger partial charge on any atom is 0.283 e.